The molecule has 0 aliphatic carbocycles. The predicted molar refractivity (Wildman–Crippen MR) is 126 cm³/mol. The van der Waals surface area contributed by atoms with E-state index in [9.17, 15) is 9.59 Å². The summed E-state index contributed by atoms with van der Waals surface area (Å²) in [5.41, 5.74) is 1.84. The van der Waals surface area contributed by atoms with E-state index in [1.54, 1.807) is 0 Å². The van der Waals surface area contributed by atoms with Gasteiger partial charge in [-0.3, -0.25) is 14.5 Å². The fourth-order valence-electron chi connectivity index (χ4n) is 4.64. The van der Waals surface area contributed by atoms with Crippen molar-refractivity contribution in [3.05, 3.63) is 35.5 Å². The van der Waals surface area contributed by atoms with E-state index in [4.69, 9.17) is 9.47 Å². The highest BCUT2D eigenvalue weighted by atomic mass is 16.5. The minimum absolute atomic E-state index is 0.133. The van der Waals surface area contributed by atoms with Crippen molar-refractivity contribution < 1.29 is 19.1 Å². The first-order valence-electron chi connectivity index (χ1n) is 12.0. The Kier molecular flexibility index (Phi) is 8.35. The number of piperidine rings is 1. The van der Waals surface area contributed by atoms with Gasteiger partial charge in [-0.15, -0.1) is 0 Å². The largest absolute Gasteiger partial charge is 0.494 e. The predicted octanol–water partition coefficient (Wildman–Crippen LogP) is 4.35. The number of rotatable bonds is 10. The molecule has 6 heteroatoms. The van der Waals surface area contributed by atoms with Crippen LogP contribution < -0.4 is 4.74 Å². The molecule has 6 nitrogen and oxygen atoms in total. The zero-order valence-corrected chi connectivity index (χ0v) is 20.2. The van der Waals surface area contributed by atoms with Crippen LogP contribution in [0.25, 0.3) is 5.57 Å². The van der Waals surface area contributed by atoms with Crippen LogP contribution >= 0.6 is 0 Å². The number of hydrogen-bond acceptors (Lipinski definition) is 5. The summed E-state index contributed by atoms with van der Waals surface area (Å²) in [4.78, 5) is 30.5. The lowest BCUT2D eigenvalue weighted by atomic mass is 9.91. The molecule has 2 amide bonds. The Morgan fingerprint density at radius 2 is 1.66 bits per heavy atom. The van der Waals surface area contributed by atoms with E-state index in [1.165, 1.54) is 4.90 Å². The second kappa shape index (κ2) is 11.0. The Morgan fingerprint density at radius 3 is 2.25 bits per heavy atom. The quantitative estimate of drug-likeness (QED) is 0.398. The van der Waals surface area contributed by atoms with E-state index in [1.807, 2.05) is 38.1 Å². The van der Waals surface area contributed by atoms with Gasteiger partial charge >= 0.3 is 0 Å². The maximum atomic E-state index is 13.5. The Bertz CT molecular complexity index is 821. The van der Waals surface area contributed by atoms with Gasteiger partial charge in [0.25, 0.3) is 11.8 Å². The normalized spacial score (nSPS) is 21.8. The average Bonchev–Trinajstić information content (AvgIpc) is 2.99. The average molecular weight is 443 g/mol. The lowest BCUT2D eigenvalue weighted by molar-refractivity contribution is -0.138. The molecule has 1 fully saturated rings. The standard InChI is InChI=1S/C26H38N2O4/c1-6-13-32-22-10-8-21(9-11-22)23-24(27-16-19(4)15-20(5)17-27)26(30)28(25(23)29)12-7-14-31-18(2)3/h8-11,18-20H,6-7,12-17H2,1-5H3. The van der Waals surface area contributed by atoms with Crippen LogP contribution in [0.2, 0.25) is 0 Å². The highest BCUT2D eigenvalue weighted by Gasteiger charge is 2.42. The maximum Gasteiger partial charge on any atom is 0.277 e. The number of carbonyl (C=O) groups excluding carboxylic acids is 2. The van der Waals surface area contributed by atoms with Crippen molar-refractivity contribution >= 4 is 17.4 Å². The molecule has 0 aromatic heterocycles. The van der Waals surface area contributed by atoms with Gasteiger partial charge in [-0.25, -0.2) is 0 Å². The van der Waals surface area contributed by atoms with Crippen molar-refractivity contribution in [1.29, 1.82) is 0 Å². The first kappa shape index (κ1) is 24.3. The fraction of sp³-hybridized carbons (Fsp3) is 0.615. The number of nitrogens with zero attached hydrogens (tertiary/aromatic N) is 2. The van der Waals surface area contributed by atoms with Crippen molar-refractivity contribution in [3.8, 4) is 5.75 Å². The number of likely N-dealkylation sites (tertiary alicyclic amines) is 1. The van der Waals surface area contributed by atoms with Gasteiger partial charge in [0.1, 0.15) is 11.4 Å². The number of benzene rings is 1. The van der Waals surface area contributed by atoms with Crippen molar-refractivity contribution in [2.45, 2.75) is 60.0 Å². The number of imide groups is 1. The molecule has 2 atom stereocenters. The summed E-state index contributed by atoms with van der Waals surface area (Å²) < 4.78 is 11.3. The van der Waals surface area contributed by atoms with Gasteiger partial charge < -0.3 is 14.4 Å². The highest BCUT2D eigenvalue weighted by Crippen LogP contribution is 2.35. The summed E-state index contributed by atoms with van der Waals surface area (Å²) >= 11 is 0. The lowest BCUT2D eigenvalue weighted by Gasteiger charge is -2.37. The highest BCUT2D eigenvalue weighted by molar-refractivity contribution is 6.35. The molecule has 176 valence electrons. The summed E-state index contributed by atoms with van der Waals surface area (Å²) in [6.07, 6.45) is 2.84. The topological polar surface area (TPSA) is 59.1 Å². The second-order valence-electron chi connectivity index (χ2n) is 9.48. The molecule has 1 aromatic rings. The molecule has 0 N–H and O–H groups in total. The molecule has 1 aromatic carbocycles. The zero-order valence-electron chi connectivity index (χ0n) is 20.2. The monoisotopic (exact) mass is 442 g/mol. The summed E-state index contributed by atoms with van der Waals surface area (Å²) in [6, 6.07) is 7.56. The molecule has 0 bridgehead atoms. The van der Waals surface area contributed by atoms with Crippen LogP contribution in [0.3, 0.4) is 0 Å². The molecule has 0 saturated carbocycles. The Labute approximate surface area is 192 Å². The summed E-state index contributed by atoms with van der Waals surface area (Å²) in [5, 5.41) is 0. The van der Waals surface area contributed by atoms with Gasteiger partial charge in [0.05, 0.1) is 18.3 Å². The molecule has 2 heterocycles. The van der Waals surface area contributed by atoms with Crippen LogP contribution in [-0.2, 0) is 14.3 Å². The van der Waals surface area contributed by atoms with Crippen LogP contribution in [0.15, 0.2) is 30.0 Å². The molecular formula is C26H38N2O4. The maximum absolute atomic E-state index is 13.5. The van der Waals surface area contributed by atoms with E-state index >= 15 is 0 Å². The summed E-state index contributed by atoms with van der Waals surface area (Å²) in [6.45, 7) is 13.6. The van der Waals surface area contributed by atoms with Crippen LogP contribution in [0.4, 0.5) is 0 Å². The van der Waals surface area contributed by atoms with Gasteiger partial charge in [0.15, 0.2) is 0 Å². The number of amides is 2. The van der Waals surface area contributed by atoms with Crippen LogP contribution in [0.1, 0.15) is 59.4 Å². The van der Waals surface area contributed by atoms with Crippen molar-refractivity contribution in [1.82, 2.24) is 9.80 Å². The van der Waals surface area contributed by atoms with E-state index in [2.05, 4.69) is 25.7 Å². The third-order valence-electron chi connectivity index (χ3n) is 5.92. The molecular weight excluding hydrogens is 404 g/mol. The Morgan fingerprint density at radius 1 is 1.00 bits per heavy atom. The zero-order chi connectivity index (χ0) is 23.3. The Balaban J connectivity index is 1.89. The third kappa shape index (κ3) is 5.71. The number of hydrogen-bond donors (Lipinski definition) is 0. The SMILES string of the molecule is CCCOc1ccc(C2=C(N3CC(C)CC(C)C3)C(=O)N(CCCOC(C)C)C2=O)cc1. The minimum Gasteiger partial charge on any atom is -0.494 e. The van der Waals surface area contributed by atoms with Gasteiger partial charge in [-0.2, -0.15) is 0 Å². The number of carbonyl (C=O) groups is 2. The van der Waals surface area contributed by atoms with Gasteiger partial charge in [-0.05, 0) is 62.6 Å². The second-order valence-corrected chi connectivity index (χ2v) is 9.48. The van der Waals surface area contributed by atoms with Crippen molar-refractivity contribution in [2.24, 2.45) is 11.8 Å². The van der Waals surface area contributed by atoms with E-state index in [0.29, 0.717) is 49.3 Å². The molecule has 2 aliphatic heterocycles. The van der Waals surface area contributed by atoms with Crippen LogP contribution in [-0.4, -0.2) is 60.6 Å². The van der Waals surface area contributed by atoms with E-state index in [-0.39, 0.29) is 17.9 Å². The fourth-order valence-corrected chi connectivity index (χ4v) is 4.64. The van der Waals surface area contributed by atoms with E-state index in [0.717, 1.165) is 37.2 Å². The molecule has 32 heavy (non-hydrogen) atoms. The van der Waals surface area contributed by atoms with Crippen LogP contribution in [0.5, 0.6) is 5.75 Å². The summed E-state index contributed by atoms with van der Waals surface area (Å²) in [7, 11) is 0. The first-order valence-corrected chi connectivity index (χ1v) is 12.0. The molecule has 2 aliphatic rings. The molecule has 0 spiro atoms. The smallest absolute Gasteiger partial charge is 0.277 e. The third-order valence-corrected chi connectivity index (χ3v) is 5.92. The molecule has 2 unspecified atom stereocenters. The van der Waals surface area contributed by atoms with Gasteiger partial charge in [0.2, 0.25) is 0 Å². The van der Waals surface area contributed by atoms with Crippen molar-refractivity contribution in [3.63, 3.8) is 0 Å². The molecule has 1 saturated heterocycles. The number of ether oxygens (including phenoxy) is 2. The minimum atomic E-state index is -0.206. The Hall–Kier alpha value is -2.34. The van der Waals surface area contributed by atoms with Gasteiger partial charge in [-0.1, -0.05) is 32.9 Å². The lowest BCUT2D eigenvalue weighted by Crippen LogP contribution is -2.42. The van der Waals surface area contributed by atoms with Crippen LogP contribution in [0, 0.1) is 11.8 Å². The first-order chi connectivity index (χ1) is 15.3. The van der Waals surface area contributed by atoms with Gasteiger partial charge in [0, 0.05) is 26.2 Å². The molecule has 0 radical (unpaired) electrons. The molecule has 3 rings (SSSR count). The summed E-state index contributed by atoms with van der Waals surface area (Å²) in [5.74, 6) is 1.35. The van der Waals surface area contributed by atoms with Crippen molar-refractivity contribution in [2.75, 3.05) is 32.8 Å². The van der Waals surface area contributed by atoms with E-state index < -0.39 is 0 Å².